The molecule has 0 aliphatic carbocycles. The fraction of sp³-hybridized carbons (Fsp3) is 0.458. The van der Waals surface area contributed by atoms with Gasteiger partial charge in [0.05, 0.1) is 18.7 Å². The van der Waals surface area contributed by atoms with E-state index in [-0.39, 0.29) is 23.8 Å². The Hall–Kier alpha value is -3.16. The van der Waals surface area contributed by atoms with Gasteiger partial charge >= 0.3 is 12.1 Å². The number of nitrogens with one attached hydrogen (secondary N) is 1. The maximum atomic E-state index is 14.9. The molecule has 1 atom stereocenters. The number of rotatable bonds is 8. The van der Waals surface area contributed by atoms with Crippen molar-refractivity contribution in [2.24, 2.45) is 5.92 Å². The van der Waals surface area contributed by atoms with Crippen molar-refractivity contribution in [2.45, 2.75) is 52.7 Å². The minimum absolute atomic E-state index is 0.152. The summed E-state index contributed by atoms with van der Waals surface area (Å²) in [5.74, 6) is -0.544. The number of carbonyl (C=O) groups is 2. The molecule has 0 bridgehead atoms. The second-order valence-electron chi connectivity index (χ2n) is 8.84. The highest BCUT2D eigenvalue weighted by molar-refractivity contribution is 5.96. The first-order chi connectivity index (χ1) is 15.0. The summed E-state index contributed by atoms with van der Waals surface area (Å²) in [5.41, 5.74) is 0.162. The quantitative estimate of drug-likeness (QED) is 0.575. The fourth-order valence-corrected chi connectivity index (χ4v) is 3.11. The summed E-state index contributed by atoms with van der Waals surface area (Å²) in [7, 11) is 1.26. The molecule has 2 rings (SSSR count). The van der Waals surface area contributed by atoms with Crippen molar-refractivity contribution in [2.75, 3.05) is 13.7 Å². The minimum atomic E-state index is -0.609. The summed E-state index contributed by atoms with van der Waals surface area (Å²) >= 11 is 0. The van der Waals surface area contributed by atoms with Crippen LogP contribution in [0, 0.1) is 11.7 Å². The molecular formula is C24H31FN2O5. The van der Waals surface area contributed by atoms with Crippen LogP contribution in [0.25, 0.3) is 11.1 Å². The summed E-state index contributed by atoms with van der Waals surface area (Å²) in [6, 6.07) is 5.63. The van der Waals surface area contributed by atoms with E-state index in [0.717, 1.165) is 0 Å². The van der Waals surface area contributed by atoms with E-state index in [1.165, 1.54) is 31.6 Å². The molecule has 32 heavy (non-hydrogen) atoms. The zero-order valence-corrected chi connectivity index (χ0v) is 19.4. The molecule has 0 aliphatic heterocycles. The third kappa shape index (κ3) is 7.51. The van der Waals surface area contributed by atoms with Crippen molar-refractivity contribution < 1.29 is 28.2 Å². The van der Waals surface area contributed by atoms with Crippen molar-refractivity contribution in [1.29, 1.82) is 0 Å². The topological polar surface area (TPSA) is 86.8 Å². The van der Waals surface area contributed by atoms with Gasteiger partial charge in [0.1, 0.15) is 23.8 Å². The van der Waals surface area contributed by atoms with Gasteiger partial charge in [-0.3, -0.25) is 4.98 Å². The number of esters is 1. The molecule has 7 nitrogen and oxygen atoms in total. The van der Waals surface area contributed by atoms with E-state index in [9.17, 15) is 14.0 Å². The monoisotopic (exact) mass is 446 g/mol. The maximum Gasteiger partial charge on any atom is 0.407 e. The Kier molecular flexibility index (Phi) is 8.57. The van der Waals surface area contributed by atoms with Gasteiger partial charge in [0, 0.05) is 29.6 Å². The van der Waals surface area contributed by atoms with Crippen LogP contribution in [0.4, 0.5) is 9.18 Å². The van der Waals surface area contributed by atoms with Crippen LogP contribution in [0.3, 0.4) is 0 Å². The third-order valence-corrected chi connectivity index (χ3v) is 4.39. The smallest absolute Gasteiger partial charge is 0.407 e. The maximum absolute atomic E-state index is 14.9. The number of amides is 1. The van der Waals surface area contributed by atoms with Gasteiger partial charge < -0.3 is 19.5 Å². The van der Waals surface area contributed by atoms with E-state index in [1.54, 1.807) is 32.9 Å². The average molecular weight is 447 g/mol. The predicted molar refractivity (Wildman–Crippen MR) is 119 cm³/mol. The Morgan fingerprint density at radius 3 is 2.47 bits per heavy atom. The van der Waals surface area contributed by atoms with E-state index < -0.39 is 23.5 Å². The zero-order valence-electron chi connectivity index (χ0n) is 19.4. The number of alkyl carbamates (subject to hydrolysis) is 1. The van der Waals surface area contributed by atoms with Crippen LogP contribution in [0.2, 0.25) is 0 Å². The first-order valence-corrected chi connectivity index (χ1v) is 10.4. The number of methoxy groups -OCH3 is 1. The van der Waals surface area contributed by atoms with Crippen molar-refractivity contribution in [3.05, 3.63) is 48.0 Å². The summed E-state index contributed by atoms with van der Waals surface area (Å²) in [6.07, 6.45) is 2.95. The van der Waals surface area contributed by atoms with Gasteiger partial charge in [-0.1, -0.05) is 13.8 Å². The molecule has 1 N–H and O–H groups in total. The normalized spacial score (nSPS) is 12.2. The van der Waals surface area contributed by atoms with Crippen LogP contribution in [0.1, 0.15) is 51.4 Å². The molecule has 8 heteroatoms. The molecule has 0 saturated heterocycles. The number of ether oxygens (including phenoxy) is 3. The lowest BCUT2D eigenvalue weighted by atomic mass is 10.0. The van der Waals surface area contributed by atoms with E-state index in [4.69, 9.17) is 14.2 Å². The van der Waals surface area contributed by atoms with Gasteiger partial charge in [-0.25, -0.2) is 14.0 Å². The number of nitrogens with zero attached hydrogens (tertiary/aromatic N) is 1. The Labute approximate surface area is 188 Å². The van der Waals surface area contributed by atoms with Gasteiger partial charge in [0.2, 0.25) is 0 Å². The molecule has 1 aromatic heterocycles. The lowest BCUT2D eigenvalue weighted by Crippen LogP contribution is -2.42. The molecule has 0 saturated carbocycles. The molecule has 0 aliphatic rings. The largest absolute Gasteiger partial charge is 0.491 e. The third-order valence-electron chi connectivity index (χ3n) is 4.39. The van der Waals surface area contributed by atoms with E-state index in [1.807, 2.05) is 13.8 Å². The van der Waals surface area contributed by atoms with Crippen molar-refractivity contribution in [3.63, 3.8) is 0 Å². The standard InChI is InChI=1S/C24H31FN2O5/c1-15(2)11-16(27-23(29)32-24(3,4)5)14-31-17-7-8-19(21(25)12-17)18-9-10-26-13-20(18)22(28)30-6/h7-10,12-13,15-16H,11,14H2,1-6H3,(H,27,29). The van der Waals surface area contributed by atoms with Crippen LogP contribution in [0.15, 0.2) is 36.7 Å². The molecular weight excluding hydrogens is 415 g/mol. The van der Waals surface area contributed by atoms with E-state index >= 15 is 0 Å². The van der Waals surface area contributed by atoms with E-state index in [2.05, 4.69) is 10.3 Å². The lowest BCUT2D eigenvalue weighted by Gasteiger charge is -2.24. The summed E-state index contributed by atoms with van der Waals surface area (Å²) < 4.78 is 30.7. The fourth-order valence-electron chi connectivity index (χ4n) is 3.11. The number of aromatic nitrogens is 1. The van der Waals surface area contributed by atoms with Crippen LogP contribution in [0.5, 0.6) is 5.75 Å². The molecule has 0 spiro atoms. The molecule has 0 radical (unpaired) electrons. The summed E-state index contributed by atoms with van der Waals surface area (Å²) in [6.45, 7) is 9.59. The molecule has 1 amide bonds. The summed E-state index contributed by atoms with van der Waals surface area (Å²) in [4.78, 5) is 28.0. The summed E-state index contributed by atoms with van der Waals surface area (Å²) in [5, 5.41) is 2.82. The number of benzene rings is 1. The molecule has 0 fully saturated rings. The average Bonchev–Trinajstić information content (AvgIpc) is 2.69. The van der Waals surface area contributed by atoms with Gasteiger partial charge in [0.25, 0.3) is 0 Å². The van der Waals surface area contributed by atoms with Gasteiger partial charge in [-0.2, -0.15) is 0 Å². The Morgan fingerprint density at radius 1 is 1.16 bits per heavy atom. The molecule has 1 aromatic carbocycles. The molecule has 2 aromatic rings. The highest BCUT2D eigenvalue weighted by atomic mass is 19.1. The minimum Gasteiger partial charge on any atom is -0.491 e. The van der Waals surface area contributed by atoms with Crippen LogP contribution >= 0.6 is 0 Å². The second kappa shape index (κ2) is 10.9. The van der Waals surface area contributed by atoms with Gasteiger partial charge in [-0.05, 0) is 51.3 Å². The Balaban J connectivity index is 2.14. The lowest BCUT2D eigenvalue weighted by molar-refractivity contribution is 0.0479. The van der Waals surface area contributed by atoms with Crippen molar-refractivity contribution in [1.82, 2.24) is 10.3 Å². The highest BCUT2D eigenvalue weighted by Crippen LogP contribution is 2.29. The Morgan fingerprint density at radius 2 is 1.88 bits per heavy atom. The van der Waals surface area contributed by atoms with Crippen molar-refractivity contribution in [3.8, 4) is 16.9 Å². The predicted octanol–water partition coefficient (Wildman–Crippen LogP) is 4.99. The van der Waals surface area contributed by atoms with Crippen LogP contribution in [-0.2, 0) is 9.47 Å². The molecule has 174 valence electrons. The molecule has 1 heterocycles. The second-order valence-corrected chi connectivity index (χ2v) is 8.84. The zero-order chi connectivity index (χ0) is 23.9. The number of pyridine rings is 1. The number of hydrogen-bond acceptors (Lipinski definition) is 6. The van der Waals surface area contributed by atoms with Crippen LogP contribution in [-0.4, -0.2) is 42.4 Å². The molecule has 1 unspecified atom stereocenters. The Bertz CT molecular complexity index is 940. The van der Waals surface area contributed by atoms with Crippen molar-refractivity contribution >= 4 is 12.1 Å². The van der Waals surface area contributed by atoms with Gasteiger partial charge in [0.15, 0.2) is 0 Å². The first kappa shape index (κ1) is 25.1. The number of hydrogen-bond donors (Lipinski definition) is 1. The number of halogens is 1. The first-order valence-electron chi connectivity index (χ1n) is 10.4. The SMILES string of the molecule is COC(=O)c1cnccc1-c1ccc(OCC(CC(C)C)NC(=O)OC(C)(C)C)cc1F. The highest BCUT2D eigenvalue weighted by Gasteiger charge is 2.21. The van der Waals surface area contributed by atoms with E-state index in [0.29, 0.717) is 23.7 Å². The number of carbonyl (C=O) groups excluding carboxylic acids is 2. The van der Waals surface area contributed by atoms with Gasteiger partial charge in [-0.15, -0.1) is 0 Å². The van der Waals surface area contributed by atoms with Crippen LogP contribution < -0.4 is 10.1 Å².